The van der Waals surface area contributed by atoms with E-state index in [9.17, 15) is 14.4 Å². The van der Waals surface area contributed by atoms with Crippen LogP contribution in [-0.4, -0.2) is 25.6 Å². The molecule has 0 bridgehead atoms. The van der Waals surface area contributed by atoms with Crippen LogP contribution in [0, 0.1) is 0 Å². The number of ether oxygens (including phenoxy) is 2. The highest BCUT2D eigenvalue weighted by atomic mass is 31.2. The van der Waals surface area contributed by atoms with Crippen molar-refractivity contribution in [3.8, 4) is 0 Å². The van der Waals surface area contributed by atoms with E-state index in [0.29, 0.717) is 6.42 Å². The number of hydrogen-bond acceptors (Lipinski definition) is 6. The Morgan fingerprint density at radius 2 is 1.73 bits per heavy atom. The normalized spacial score (nSPS) is 20.6. The molecule has 0 amide bonds. The van der Waals surface area contributed by atoms with E-state index in [0.717, 1.165) is 12.0 Å². The van der Waals surface area contributed by atoms with Crippen molar-refractivity contribution in [3.05, 3.63) is 35.4 Å². The fourth-order valence-electron chi connectivity index (χ4n) is 3.02. The minimum absolute atomic E-state index is 0.223. The molecule has 2 unspecified atom stereocenters. The van der Waals surface area contributed by atoms with Gasteiger partial charge in [0.25, 0.3) is 0 Å². The number of benzene rings is 1. The zero-order valence-electron chi connectivity index (χ0n) is 15.4. The van der Waals surface area contributed by atoms with E-state index in [-0.39, 0.29) is 13.2 Å². The van der Waals surface area contributed by atoms with Gasteiger partial charge in [-0.1, -0.05) is 63.3 Å². The average molecular weight is 384 g/mol. The Labute approximate surface area is 156 Å². The monoisotopic (exact) mass is 384 g/mol. The van der Waals surface area contributed by atoms with Gasteiger partial charge in [0.05, 0.1) is 21.0 Å². The Kier molecular flexibility index (Phi) is 9.26. The number of rotatable bonds is 12. The van der Waals surface area contributed by atoms with Crippen molar-refractivity contribution >= 4 is 7.82 Å². The summed E-state index contributed by atoms with van der Waals surface area (Å²) >= 11 is 0. The van der Waals surface area contributed by atoms with Gasteiger partial charge >= 0.3 is 0 Å². The lowest BCUT2D eigenvalue weighted by Gasteiger charge is -2.29. The molecule has 0 N–H and O–H groups in total. The van der Waals surface area contributed by atoms with Crippen LogP contribution in [0.3, 0.4) is 0 Å². The van der Waals surface area contributed by atoms with Crippen LogP contribution in [-0.2, 0) is 31.4 Å². The first-order chi connectivity index (χ1) is 12.5. The molecule has 0 spiro atoms. The van der Waals surface area contributed by atoms with Crippen molar-refractivity contribution in [1.29, 1.82) is 0 Å². The summed E-state index contributed by atoms with van der Waals surface area (Å²) in [5.74, 6) is 0. The molecule has 26 heavy (non-hydrogen) atoms. The first-order valence-corrected chi connectivity index (χ1v) is 10.9. The number of hydrogen-bond donors (Lipinski definition) is 0. The second-order valence-corrected chi connectivity index (χ2v) is 7.95. The summed E-state index contributed by atoms with van der Waals surface area (Å²) in [5.41, 5.74) is 2.44. The largest absolute Gasteiger partial charge is 0.790 e. The zero-order valence-corrected chi connectivity index (χ0v) is 16.3. The topological polar surface area (TPSA) is 90.9 Å². The second kappa shape index (κ2) is 11.2. The van der Waals surface area contributed by atoms with Gasteiger partial charge in [0, 0.05) is 6.42 Å². The van der Waals surface area contributed by atoms with Gasteiger partial charge in [-0.25, -0.2) is 0 Å². The van der Waals surface area contributed by atoms with E-state index >= 15 is 0 Å². The third-order valence-electron chi connectivity index (χ3n) is 4.48. The van der Waals surface area contributed by atoms with Crippen LogP contribution < -0.4 is 9.79 Å². The van der Waals surface area contributed by atoms with Crippen LogP contribution in [0.5, 0.6) is 0 Å². The Morgan fingerprint density at radius 1 is 1.08 bits per heavy atom. The van der Waals surface area contributed by atoms with Crippen molar-refractivity contribution in [2.75, 3.05) is 13.2 Å². The molecule has 1 aromatic carbocycles. The quantitative estimate of drug-likeness (QED) is 0.406. The van der Waals surface area contributed by atoms with E-state index in [1.165, 1.54) is 44.1 Å². The van der Waals surface area contributed by atoms with Crippen LogP contribution in [0.4, 0.5) is 0 Å². The van der Waals surface area contributed by atoms with E-state index in [4.69, 9.17) is 9.47 Å². The van der Waals surface area contributed by atoms with Crippen molar-refractivity contribution < 1.29 is 28.3 Å². The van der Waals surface area contributed by atoms with Crippen molar-refractivity contribution in [3.63, 3.8) is 0 Å². The SMILES string of the molecule is CCCCCCCCc1ccc(CC2OCC(COP(=O)([O-])[O-])O2)cc1. The molecule has 0 radical (unpaired) electrons. The van der Waals surface area contributed by atoms with E-state index in [1.807, 2.05) is 0 Å². The van der Waals surface area contributed by atoms with Gasteiger partial charge in [-0.2, -0.15) is 0 Å². The molecule has 2 atom stereocenters. The van der Waals surface area contributed by atoms with Gasteiger partial charge in [-0.15, -0.1) is 0 Å². The highest BCUT2D eigenvalue weighted by Crippen LogP contribution is 2.26. The third kappa shape index (κ3) is 8.76. The van der Waals surface area contributed by atoms with Crippen LogP contribution in [0.2, 0.25) is 0 Å². The van der Waals surface area contributed by atoms with Crippen molar-refractivity contribution in [1.82, 2.24) is 0 Å². The maximum Gasteiger partial charge on any atom is 0.162 e. The molecule has 7 heteroatoms. The standard InChI is InChI=1S/C19H31O6P/c1-2-3-4-5-6-7-8-16-9-11-17(12-10-16)13-19-23-14-18(25-19)15-24-26(20,21)22/h9-12,18-19H,2-8,13-15H2,1H3,(H2,20,21,22)/p-2. The molecule has 0 saturated carbocycles. The second-order valence-electron chi connectivity index (χ2n) is 6.80. The first-order valence-electron chi connectivity index (χ1n) is 9.48. The minimum Gasteiger partial charge on any atom is -0.790 e. The van der Waals surface area contributed by atoms with Gasteiger partial charge in [0.15, 0.2) is 6.29 Å². The Hall–Kier alpha value is -0.750. The number of unbranched alkanes of at least 4 members (excludes halogenated alkanes) is 5. The van der Waals surface area contributed by atoms with Gasteiger partial charge in [0.2, 0.25) is 0 Å². The molecular formula is C19H29O6P-2. The predicted octanol–water partition coefficient (Wildman–Crippen LogP) is 2.72. The molecule has 0 aliphatic carbocycles. The van der Waals surface area contributed by atoms with E-state index in [1.54, 1.807) is 0 Å². The zero-order chi connectivity index (χ0) is 18.8. The maximum absolute atomic E-state index is 10.5. The molecule has 6 nitrogen and oxygen atoms in total. The lowest BCUT2D eigenvalue weighted by molar-refractivity contribution is -0.342. The van der Waals surface area contributed by atoms with Crippen molar-refractivity contribution in [2.45, 2.75) is 70.7 Å². The number of phosphoric ester groups is 1. The highest BCUT2D eigenvalue weighted by Gasteiger charge is 2.26. The van der Waals surface area contributed by atoms with Gasteiger partial charge in [0.1, 0.15) is 6.10 Å². The minimum atomic E-state index is -4.96. The molecule has 1 aromatic rings. The molecule has 2 rings (SSSR count). The Morgan fingerprint density at radius 3 is 2.42 bits per heavy atom. The fourth-order valence-corrected chi connectivity index (χ4v) is 3.37. The summed E-state index contributed by atoms with van der Waals surface area (Å²) in [4.78, 5) is 21.0. The van der Waals surface area contributed by atoms with Gasteiger partial charge < -0.3 is 28.3 Å². The fraction of sp³-hybridized carbons (Fsp3) is 0.684. The van der Waals surface area contributed by atoms with Crippen LogP contribution in [0.25, 0.3) is 0 Å². The Balaban J connectivity index is 1.65. The van der Waals surface area contributed by atoms with Crippen LogP contribution in [0.15, 0.2) is 24.3 Å². The number of aryl methyl sites for hydroxylation is 1. The van der Waals surface area contributed by atoms with Crippen molar-refractivity contribution in [2.24, 2.45) is 0 Å². The summed E-state index contributed by atoms with van der Waals surface area (Å²) in [6.07, 6.45) is 8.51. The summed E-state index contributed by atoms with van der Waals surface area (Å²) in [6, 6.07) is 8.43. The lowest BCUT2D eigenvalue weighted by atomic mass is 10.0. The average Bonchev–Trinajstić information content (AvgIpc) is 3.04. The molecular weight excluding hydrogens is 355 g/mol. The van der Waals surface area contributed by atoms with E-state index < -0.39 is 20.2 Å². The summed E-state index contributed by atoms with van der Waals surface area (Å²) in [7, 11) is -4.96. The first kappa shape index (κ1) is 21.5. The molecule has 0 aromatic heterocycles. The maximum atomic E-state index is 10.5. The van der Waals surface area contributed by atoms with E-state index in [2.05, 4.69) is 35.7 Å². The molecule has 1 heterocycles. The number of phosphoric acid groups is 1. The predicted molar refractivity (Wildman–Crippen MR) is 95.4 cm³/mol. The van der Waals surface area contributed by atoms with Crippen LogP contribution in [0.1, 0.15) is 56.6 Å². The molecule has 148 valence electrons. The summed E-state index contributed by atoms with van der Waals surface area (Å²) in [5, 5.41) is 0. The third-order valence-corrected chi connectivity index (χ3v) is 4.94. The molecule has 1 fully saturated rings. The molecule has 1 aliphatic heterocycles. The smallest absolute Gasteiger partial charge is 0.162 e. The Bertz CT molecular complexity index is 556. The van der Waals surface area contributed by atoms with Gasteiger partial charge in [-0.3, -0.25) is 0 Å². The molecule has 1 saturated heterocycles. The van der Waals surface area contributed by atoms with Crippen LogP contribution >= 0.6 is 7.82 Å². The molecule has 1 aliphatic rings. The summed E-state index contributed by atoms with van der Waals surface area (Å²) in [6.45, 7) is 2.16. The lowest BCUT2D eigenvalue weighted by Crippen LogP contribution is -2.24. The van der Waals surface area contributed by atoms with Gasteiger partial charge in [-0.05, 0) is 24.0 Å². The highest BCUT2D eigenvalue weighted by molar-refractivity contribution is 7.43. The summed E-state index contributed by atoms with van der Waals surface area (Å²) < 4.78 is 25.8.